The standard InChI is InChI=1S/BH3O3.3Na.2H3O4P/c2-1(3)4;;;;2*1-5(2,3)4/h2-4H;;;;2*(H3,1,2,3,4)/q;3*+1;;/p-3. The molecule has 0 aromatic carbocycles. The van der Waals surface area contributed by atoms with Gasteiger partial charge in [0.25, 0.3) is 0 Å². The topological polar surface area (TPSA) is 225 Å². The summed E-state index contributed by atoms with van der Waals surface area (Å²) in [5.41, 5.74) is 0. The van der Waals surface area contributed by atoms with E-state index in [1.165, 1.54) is 0 Å². The fourth-order valence-electron chi connectivity index (χ4n) is 0. The first kappa shape index (κ1) is 36.9. The molecular formula is H6BNa3O11P2. The molecule has 0 bridgehead atoms. The second-order valence-corrected chi connectivity index (χ2v) is 3.23. The van der Waals surface area contributed by atoms with Crippen LogP contribution in [0.5, 0.6) is 0 Å². The summed E-state index contributed by atoms with van der Waals surface area (Å²) in [6.45, 7) is 0. The Bertz CT molecular complexity index is 167. The number of phosphoric acid groups is 2. The summed E-state index contributed by atoms with van der Waals surface area (Å²) in [5, 5.41) is 21.5. The summed E-state index contributed by atoms with van der Waals surface area (Å²) in [6, 6.07) is 0. The summed E-state index contributed by atoms with van der Waals surface area (Å²) < 4.78 is 17.4. The molecule has 0 saturated heterocycles. The molecule has 6 N–H and O–H groups in total. The third-order valence-electron chi connectivity index (χ3n) is 0. The van der Waals surface area contributed by atoms with Crippen LogP contribution in [0.4, 0.5) is 0 Å². The molecule has 0 rings (SSSR count). The van der Waals surface area contributed by atoms with Crippen LogP contribution >= 0.6 is 15.6 Å². The predicted octanol–water partition coefficient (Wildman–Crippen LogP) is -14.8. The monoisotopic (exact) mass is 324 g/mol. The molecule has 0 saturated carbocycles. The molecule has 0 aromatic heterocycles. The minimum absolute atomic E-state index is 0. The van der Waals surface area contributed by atoms with Gasteiger partial charge in [0, 0.05) is 0 Å². The molecule has 0 aromatic rings. The Morgan fingerprint density at radius 1 is 0.765 bits per heavy atom. The first-order valence-electron chi connectivity index (χ1n) is 2.29. The summed E-state index contributed by atoms with van der Waals surface area (Å²) >= 11 is 0. The normalized spacial score (nSPS) is 8.53. The van der Waals surface area contributed by atoms with E-state index in [4.69, 9.17) is 53.6 Å². The molecule has 0 unspecified atom stereocenters. The van der Waals surface area contributed by atoms with Crippen molar-refractivity contribution in [3.8, 4) is 0 Å². The molecule has 88 valence electrons. The third kappa shape index (κ3) is 564. The zero-order chi connectivity index (χ0) is 12.6. The van der Waals surface area contributed by atoms with Crippen LogP contribution in [0.15, 0.2) is 0 Å². The Morgan fingerprint density at radius 3 is 0.765 bits per heavy atom. The molecule has 0 aliphatic rings. The van der Waals surface area contributed by atoms with Gasteiger partial charge in [0.2, 0.25) is 0 Å². The average Bonchev–Trinajstić information content (AvgIpc) is 1.45. The van der Waals surface area contributed by atoms with Gasteiger partial charge in [0.05, 0.1) is 0 Å². The van der Waals surface area contributed by atoms with Crippen LogP contribution in [0.25, 0.3) is 0 Å². The van der Waals surface area contributed by atoms with E-state index in [1.54, 1.807) is 0 Å². The van der Waals surface area contributed by atoms with Gasteiger partial charge in [0.1, 0.15) is 0 Å². The summed E-state index contributed by atoms with van der Waals surface area (Å²) in [7, 11) is -12.2. The van der Waals surface area contributed by atoms with Gasteiger partial charge in [-0.1, -0.05) is 0 Å². The van der Waals surface area contributed by atoms with E-state index >= 15 is 0 Å². The van der Waals surface area contributed by atoms with Crippen molar-refractivity contribution in [3.05, 3.63) is 0 Å². The number of hydrogen-bond acceptors (Lipinski definition) is 8. The SMILES string of the molecule is O=P(O)(O)O.O=P([O-])([O-])[O-].OB(O)O.[Na+].[Na+].[Na+]. The molecule has 0 amide bonds. The molecule has 11 nitrogen and oxygen atoms in total. The second kappa shape index (κ2) is 19.2. The van der Waals surface area contributed by atoms with E-state index in [2.05, 4.69) is 0 Å². The van der Waals surface area contributed by atoms with Crippen LogP contribution in [0, 0.1) is 0 Å². The summed E-state index contributed by atoms with van der Waals surface area (Å²) in [4.78, 5) is 47.2. The van der Waals surface area contributed by atoms with Crippen LogP contribution < -0.4 is 103 Å². The molecule has 0 radical (unpaired) electrons. The third-order valence-corrected chi connectivity index (χ3v) is 0. The summed E-state index contributed by atoms with van der Waals surface area (Å²) in [5.74, 6) is 0. The molecule has 17 heavy (non-hydrogen) atoms. The van der Waals surface area contributed by atoms with E-state index in [-0.39, 0.29) is 88.7 Å². The molecular weight excluding hydrogens is 318 g/mol. The van der Waals surface area contributed by atoms with E-state index in [0.29, 0.717) is 0 Å². The maximum absolute atomic E-state index is 8.88. The first-order chi connectivity index (χ1) is 5.73. The van der Waals surface area contributed by atoms with Gasteiger partial charge in [-0.05, 0) is 0 Å². The Labute approximate surface area is 163 Å². The van der Waals surface area contributed by atoms with Crippen molar-refractivity contribution in [2.75, 3.05) is 0 Å². The molecule has 0 aliphatic carbocycles. The van der Waals surface area contributed by atoms with Crippen LogP contribution in [0.3, 0.4) is 0 Å². The average molecular weight is 324 g/mol. The maximum Gasteiger partial charge on any atom is 1.00 e. The Balaban J connectivity index is -0.0000000247. The van der Waals surface area contributed by atoms with Crippen molar-refractivity contribution in [2.45, 2.75) is 0 Å². The second-order valence-electron chi connectivity index (χ2n) is 1.31. The van der Waals surface area contributed by atoms with Gasteiger partial charge in [-0.3, -0.25) is 0 Å². The minimum atomic E-state index is -5.39. The van der Waals surface area contributed by atoms with Crippen LogP contribution in [-0.4, -0.2) is 37.1 Å². The van der Waals surface area contributed by atoms with Crippen molar-refractivity contribution in [2.24, 2.45) is 0 Å². The van der Waals surface area contributed by atoms with Crippen molar-refractivity contribution >= 4 is 23.0 Å². The zero-order valence-electron chi connectivity index (χ0n) is 9.20. The molecule has 0 atom stereocenters. The number of rotatable bonds is 0. The van der Waals surface area contributed by atoms with Gasteiger partial charge in [0.15, 0.2) is 0 Å². The maximum atomic E-state index is 8.88. The Morgan fingerprint density at radius 2 is 0.765 bits per heavy atom. The van der Waals surface area contributed by atoms with Crippen LogP contribution in [-0.2, 0) is 9.13 Å². The van der Waals surface area contributed by atoms with Crippen LogP contribution in [0.2, 0.25) is 0 Å². The van der Waals surface area contributed by atoms with Crippen molar-refractivity contribution in [1.82, 2.24) is 0 Å². The van der Waals surface area contributed by atoms with Gasteiger partial charge in [-0.25, -0.2) is 4.57 Å². The minimum Gasteiger partial charge on any atom is -0.822 e. The van der Waals surface area contributed by atoms with E-state index in [9.17, 15) is 0 Å². The first-order valence-corrected chi connectivity index (χ1v) is 5.31. The van der Waals surface area contributed by atoms with Crippen molar-refractivity contribution in [1.29, 1.82) is 0 Å². The predicted molar refractivity (Wildman–Crippen MR) is 34.3 cm³/mol. The van der Waals surface area contributed by atoms with Gasteiger partial charge >= 0.3 is 104 Å². The molecule has 17 heteroatoms. The number of hydrogen-bond donors (Lipinski definition) is 6. The van der Waals surface area contributed by atoms with E-state index in [0.717, 1.165) is 0 Å². The molecule has 0 spiro atoms. The molecule has 0 heterocycles. The van der Waals surface area contributed by atoms with Gasteiger partial charge in [-0.15, -0.1) is 0 Å². The quantitative estimate of drug-likeness (QED) is 0.181. The Hall–Kier alpha value is 3.16. The smallest absolute Gasteiger partial charge is 0.822 e. The Kier molecular flexibility index (Phi) is 41.6. The van der Waals surface area contributed by atoms with Gasteiger partial charge < -0.3 is 49.0 Å². The zero-order valence-corrected chi connectivity index (χ0v) is 17.0. The van der Waals surface area contributed by atoms with E-state index in [1.807, 2.05) is 0 Å². The van der Waals surface area contributed by atoms with Gasteiger partial charge in [-0.2, -0.15) is 7.82 Å². The largest absolute Gasteiger partial charge is 1.00 e. The summed E-state index contributed by atoms with van der Waals surface area (Å²) in [6.07, 6.45) is 0. The van der Waals surface area contributed by atoms with Crippen LogP contribution in [0.1, 0.15) is 0 Å². The van der Waals surface area contributed by atoms with E-state index < -0.39 is 23.0 Å². The van der Waals surface area contributed by atoms with Crippen molar-refractivity contribution < 1.29 is 142 Å². The fourth-order valence-corrected chi connectivity index (χ4v) is 0. The molecule has 0 aliphatic heterocycles. The molecule has 0 fully saturated rings. The van der Waals surface area contributed by atoms with Crippen molar-refractivity contribution in [3.63, 3.8) is 0 Å². The fraction of sp³-hybridized carbons (Fsp3) is 0.